The van der Waals surface area contributed by atoms with E-state index in [4.69, 9.17) is 18.9 Å². The smallest absolute Gasteiger partial charge is 0.187 e. The molecule has 0 aromatic rings. The van der Waals surface area contributed by atoms with E-state index in [-0.39, 0.29) is 6.42 Å². The molecular formula is C23H44O10. The van der Waals surface area contributed by atoms with E-state index in [1.807, 2.05) is 0 Å². The summed E-state index contributed by atoms with van der Waals surface area (Å²) in [7, 11) is 0. The third-order valence-electron chi connectivity index (χ3n) is 6.38. The molecule has 2 heterocycles. The first kappa shape index (κ1) is 28.8. The van der Waals surface area contributed by atoms with Gasteiger partial charge >= 0.3 is 0 Å². The summed E-state index contributed by atoms with van der Waals surface area (Å²) in [5, 5.41) is 59.5. The van der Waals surface area contributed by atoms with Gasteiger partial charge in [0.1, 0.15) is 36.6 Å². The second-order valence-electron chi connectivity index (χ2n) is 9.09. The molecule has 0 aromatic heterocycles. The van der Waals surface area contributed by atoms with Crippen LogP contribution in [-0.4, -0.2) is 106 Å². The highest BCUT2D eigenvalue weighted by atomic mass is 16.7. The van der Waals surface area contributed by atoms with Crippen LogP contribution in [0.25, 0.3) is 0 Å². The summed E-state index contributed by atoms with van der Waals surface area (Å²) in [6, 6.07) is 0. The quantitative estimate of drug-likeness (QED) is 0.179. The first-order valence-electron chi connectivity index (χ1n) is 12.4. The van der Waals surface area contributed by atoms with Gasteiger partial charge in [-0.15, -0.1) is 0 Å². The zero-order chi connectivity index (χ0) is 24.2. The van der Waals surface area contributed by atoms with E-state index in [0.717, 1.165) is 19.3 Å². The van der Waals surface area contributed by atoms with Gasteiger partial charge in [-0.1, -0.05) is 58.3 Å². The lowest BCUT2D eigenvalue weighted by Gasteiger charge is -2.44. The number of unbranched alkanes of at least 4 members (excludes halogenated alkanes) is 8. The van der Waals surface area contributed by atoms with Gasteiger partial charge in [-0.25, -0.2) is 0 Å². The Morgan fingerprint density at radius 3 is 1.94 bits per heavy atom. The fourth-order valence-corrected chi connectivity index (χ4v) is 4.30. The monoisotopic (exact) mass is 480 g/mol. The van der Waals surface area contributed by atoms with Crippen LogP contribution >= 0.6 is 0 Å². The molecule has 0 spiro atoms. The molecule has 10 nitrogen and oxygen atoms in total. The lowest BCUT2D eigenvalue weighted by atomic mass is 9.98. The molecule has 0 aromatic carbocycles. The van der Waals surface area contributed by atoms with Crippen LogP contribution in [0.4, 0.5) is 0 Å². The van der Waals surface area contributed by atoms with Gasteiger partial charge in [-0.05, 0) is 6.42 Å². The number of aliphatic hydroxyl groups excluding tert-OH is 6. The maximum Gasteiger partial charge on any atom is 0.187 e. The van der Waals surface area contributed by atoms with Crippen molar-refractivity contribution < 1.29 is 49.6 Å². The summed E-state index contributed by atoms with van der Waals surface area (Å²) in [4.78, 5) is 0. The van der Waals surface area contributed by atoms with E-state index in [0.29, 0.717) is 6.61 Å². The summed E-state index contributed by atoms with van der Waals surface area (Å²) in [6.07, 6.45) is -0.106. The standard InChI is InChI=1S/C23H44O10/c1-2-3-4-5-6-7-8-9-10-11-30-18-12-15(26)22(17(14-25)31-18)33-23-21(29)20(28)19(27)16(13-24)32-23/h15-29H,2-14H2,1H3/t15-,16-,17-,18+,19-,20+,21-,22+,23-/m1/s1. The van der Waals surface area contributed by atoms with Crippen LogP contribution in [0, 0.1) is 0 Å². The van der Waals surface area contributed by atoms with Crippen molar-refractivity contribution in [3.05, 3.63) is 0 Å². The van der Waals surface area contributed by atoms with Gasteiger partial charge < -0.3 is 49.6 Å². The van der Waals surface area contributed by atoms with Crippen LogP contribution in [0.2, 0.25) is 0 Å². The van der Waals surface area contributed by atoms with Crippen LogP contribution in [0.3, 0.4) is 0 Å². The molecule has 6 N–H and O–H groups in total. The van der Waals surface area contributed by atoms with Gasteiger partial charge in [0.2, 0.25) is 0 Å². The van der Waals surface area contributed by atoms with Gasteiger partial charge in [-0.2, -0.15) is 0 Å². The van der Waals surface area contributed by atoms with E-state index in [1.54, 1.807) is 0 Å². The number of aliphatic hydroxyl groups is 6. The third kappa shape index (κ3) is 8.96. The Morgan fingerprint density at radius 1 is 0.727 bits per heavy atom. The van der Waals surface area contributed by atoms with Crippen molar-refractivity contribution >= 4 is 0 Å². The molecule has 2 fully saturated rings. The second-order valence-corrected chi connectivity index (χ2v) is 9.09. The molecule has 196 valence electrons. The summed E-state index contributed by atoms with van der Waals surface area (Å²) in [5.74, 6) is 0. The highest BCUT2D eigenvalue weighted by Crippen LogP contribution is 2.29. The molecule has 2 rings (SSSR count). The minimum Gasteiger partial charge on any atom is -0.394 e. The zero-order valence-electron chi connectivity index (χ0n) is 19.7. The van der Waals surface area contributed by atoms with Crippen molar-refractivity contribution in [3.8, 4) is 0 Å². The van der Waals surface area contributed by atoms with Gasteiger partial charge in [0, 0.05) is 13.0 Å². The first-order chi connectivity index (χ1) is 15.9. The highest BCUT2D eigenvalue weighted by molar-refractivity contribution is 4.91. The first-order valence-corrected chi connectivity index (χ1v) is 12.4. The lowest BCUT2D eigenvalue weighted by molar-refractivity contribution is -0.344. The molecule has 10 heteroatoms. The molecule has 0 radical (unpaired) electrons. The van der Waals surface area contributed by atoms with Gasteiger partial charge in [0.25, 0.3) is 0 Å². The van der Waals surface area contributed by atoms with Crippen LogP contribution in [-0.2, 0) is 18.9 Å². The lowest BCUT2D eigenvalue weighted by Crippen LogP contribution is -2.62. The SMILES string of the molecule is CCCCCCCCCCCO[C@@H]1C[C@@H](O)[C@H](O[C@H]2O[C@H](CO)[C@@H](O)[C@H](O)[C@H]2O)[C@@H](CO)O1. The maximum absolute atomic E-state index is 10.6. The Kier molecular flexibility index (Phi) is 13.6. The minimum atomic E-state index is -1.60. The maximum atomic E-state index is 10.6. The summed E-state index contributed by atoms with van der Waals surface area (Å²) >= 11 is 0. The molecule has 2 aliphatic rings. The van der Waals surface area contributed by atoms with E-state index >= 15 is 0 Å². The Hall–Kier alpha value is -0.400. The molecule has 2 aliphatic heterocycles. The molecule has 0 aliphatic carbocycles. The third-order valence-corrected chi connectivity index (χ3v) is 6.38. The Labute approximate surface area is 196 Å². The molecule has 0 bridgehead atoms. The normalized spacial score (nSPS) is 37.4. The number of hydrogen-bond donors (Lipinski definition) is 6. The highest BCUT2D eigenvalue weighted by Gasteiger charge is 2.48. The van der Waals surface area contributed by atoms with Crippen LogP contribution in [0.5, 0.6) is 0 Å². The summed E-state index contributed by atoms with van der Waals surface area (Å²) in [6.45, 7) is 1.65. The number of ether oxygens (including phenoxy) is 4. The van der Waals surface area contributed by atoms with Gasteiger partial charge in [0.05, 0.1) is 19.3 Å². The molecule has 0 unspecified atom stereocenters. The Bertz CT molecular complexity index is 508. The van der Waals surface area contributed by atoms with Crippen molar-refractivity contribution in [2.75, 3.05) is 19.8 Å². The average molecular weight is 481 g/mol. The molecule has 0 saturated carbocycles. The zero-order valence-corrected chi connectivity index (χ0v) is 19.7. The Morgan fingerprint density at radius 2 is 1.33 bits per heavy atom. The molecule has 2 saturated heterocycles. The number of hydrogen-bond acceptors (Lipinski definition) is 10. The van der Waals surface area contributed by atoms with E-state index in [1.165, 1.54) is 38.5 Å². The van der Waals surface area contributed by atoms with Crippen molar-refractivity contribution in [1.29, 1.82) is 0 Å². The second kappa shape index (κ2) is 15.6. The molecule has 33 heavy (non-hydrogen) atoms. The number of rotatable bonds is 15. The topological polar surface area (TPSA) is 158 Å². The van der Waals surface area contributed by atoms with E-state index < -0.39 is 68.5 Å². The van der Waals surface area contributed by atoms with Gasteiger partial charge in [-0.3, -0.25) is 0 Å². The van der Waals surface area contributed by atoms with Crippen LogP contribution in [0.15, 0.2) is 0 Å². The van der Waals surface area contributed by atoms with Crippen molar-refractivity contribution in [2.45, 2.75) is 126 Å². The summed E-state index contributed by atoms with van der Waals surface area (Å²) in [5.41, 5.74) is 0. The fourth-order valence-electron chi connectivity index (χ4n) is 4.30. The predicted octanol–water partition coefficient (Wildman–Crippen LogP) is 0.187. The average Bonchev–Trinajstić information content (AvgIpc) is 2.81. The predicted molar refractivity (Wildman–Crippen MR) is 118 cm³/mol. The van der Waals surface area contributed by atoms with Crippen LogP contribution < -0.4 is 0 Å². The van der Waals surface area contributed by atoms with E-state index in [9.17, 15) is 30.6 Å². The fraction of sp³-hybridized carbons (Fsp3) is 1.00. The largest absolute Gasteiger partial charge is 0.394 e. The van der Waals surface area contributed by atoms with Crippen molar-refractivity contribution in [1.82, 2.24) is 0 Å². The molecule has 9 atom stereocenters. The summed E-state index contributed by atoms with van der Waals surface area (Å²) < 4.78 is 22.4. The van der Waals surface area contributed by atoms with Crippen LogP contribution in [0.1, 0.15) is 71.1 Å². The molecular weight excluding hydrogens is 436 g/mol. The van der Waals surface area contributed by atoms with Crippen molar-refractivity contribution in [2.24, 2.45) is 0 Å². The molecule has 0 amide bonds. The minimum absolute atomic E-state index is 0.107. The Balaban J connectivity index is 1.71. The van der Waals surface area contributed by atoms with Gasteiger partial charge in [0.15, 0.2) is 12.6 Å². The van der Waals surface area contributed by atoms with E-state index in [2.05, 4.69) is 6.92 Å². The van der Waals surface area contributed by atoms with Crippen molar-refractivity contribution in [3.63, 3.8) is 0 Å².